The fraction of sp³-hybridized carbons (Fsp3) is 0.923. The lowest BCUT2D eigenvalue weighted by Crippen LogP contribution is -2.45. The van der Waals surface area contributed by atoms with Gasteiger partial charge in [-0.05, 0) is 19.3 Å². The maximum absolute atomic E-state index is 12.7. The third kappa shape index (κ3) is 33.7. The topological polar surface area (TPSA) is 105 Å². The molecule has 3 N–H and O–H groups in total. The Kier molecular flexibility index (Phi) is 31.7. The van der Waals surface area contributed by atoms with Gasteiger partial charge in [0, 0.05) is 6.42 Å². The summed E-state index contributed by atoms with van der Waals surface area (Å²) < 4.78 is 23.4. The second-order valence-corrected chi connectivity index (χ2v) is 16.5. The van der Waals surface area contributed by atoms with Gasteiger partial charge in [0.05, 0.1) is 39.9 Å². The third-order valence-corrected chi connectivity index (χ3v) is 9.99. The number of quaternary nitrogens is 1. The van der Waals surface area contributed by atoms with E-state index < -0.39 is 20.0 Å². The van der Waals surface area contributed by atoms with Gasteiger partial charge >= 0.3 is 7.82 Å². The monoisotopic (exact) mass is 704 g/mol. The van der Waals surface area contributed by atoms with Crippen LogP contribution in [-0.2, 0) is 18.4 Å². The summed E-state index contributed by atoms with van der Waals surface area (Å²) in [6.45, 7) is 4.79. The molecule has 1 amide bonds. The Morgan fingerprint density at radius 3 is 1.54 bits per heavy atom. The number of nitrogens with zero attached hydrogens (tertiary/aromatic N) is 1. The number of nitrogens with one attached hydrogen (secondary N) is 1. The first-order valence-corrected chi connectivity index (χ1v) is 21.6. The van der Waals surface area contributed by atoms with Gasteiger partial charge in [0.1, 0.15) is 13.2 Å². The van der Waals surface area contributed by atoms with Crippen molar-refractivity contribution in [2.24, 2.45) is 0 Å². The zero-order chi connectivity index (χ0) is 35.8. The molecule has 3 atom stereocenters. The van der Waals surface area contributed by atoms with Crippen molar-refractivity contribution in [2.45, 2.75) is 193 Å². The van der Waals surface area contributed by atoms with Gasteiger partial charge in [-0.1, -0.05) is 167 Å². The number of amides is 1. The molecule has 0 bridgehead atoms. The molecule has 9 heteroatoms. The Hall–Kier alpha value is -0.760. The van der Waals surface area contributed by atoms with Crippen LogP contribution in [0.5, 0.6) is 0 Å². The lowest BCUT2D eigenvalue weighted by molar-refractivity contribution is -0.870. The molecule has 0 rings (SSSR count). The summed E-state index contributed by atoms with van der Waals surface area (Å²) >= 11 is 0. The standard InChI is InChI=1S/C39H79N2O6P/c1-6-8-10-12-14-16-17-18-19-20-21-22-23-25-26-28-30-32-38(42)37(36-47-48(44,45)46-35-34-41(3,4)5)40-39(43)33-31-29-27-24-15-13-11-9-7-2/h30,32,37-38,42H,6-29,31,33-36H2,1-5H3,(H-,40,43,44,45)/p+1/b32-30+/t37-,38+/m1/s1. The van der Waals surface area contributed by atoms with Crippen LogP contribution in [0.25, 0.3) is 0 Å². The summed E-state index contributed by atoms with van der Waals surface area (Å²) in [6.07, 6.45) is 34.2. The molecular formula is C39H80N2O6P+. The van der Waals surface area contributed by atoms with Crippen molar-refractivity contribution in [1.29, 1.82) is 0 Å². The molecule has 8 nitrogen and oxygen atoms in total. The van der Waals surface area contributed by atoms with Crippen molar-refractivity contribution in [3.8, 4) is 0 Å². The van der Waals surface area contributed by atoms with E-state index in [2.05, 4.69) is 19.2 Å². The largest absolute Gasteiger partial charge is 0.472 e. The number of hydrogen-bond donors (Lipinski definition) is 3. The molecule has 0 fully saturated rings. The van der Waals surface area contributed by atoms with Crippen LogP contribution >= 0.6 is 7.82 Å². The maximum Gasteiger partial charge on any atom is 0.472 e. The minimum Gasteiger partial charge on any atom is -0.387 e. The van der Waals surface area contributed by atoms with Gasteiger partial charge in [0.25, 0.3) is 0 Å². The zero-order valence-corrected chi connectivity index (χ0v) is 33.1. The minimum absolute atomic E-state index is 0.0641. The third-order valence-electron chi connectivity index (χ3n) is 9.01. The maximum atomic E-state index is 12.7. The van der Waals surface area contributed by atoms with E-state index in [4.69, 9.17) is 9.05 Å². The number of hydrogen-bond acceptors (Lipinski definition) is 5. The predicted octanol–water partition coefficient (Wildman–Crippen LogP) is 10.4. The summed E-state index contributed by atoms with van der Waals surface area (Å²) in [7, 11) is 1.58. The molecule has 1 unspecified atom stereocenters. The van der Waals surface area contributed by atoms with Crippen LogP contribution in [0.1, 0.15) is 181 Å². The van der Waals surface area contributed by atoms with E-state index in [-0.39, 0.29) is 19.1 Å². The number of aliphatic hydroxyl groups excluding tert-OH is 1. The van der Waals surface area contributed by atoms with Crippen molar-refractivity contribution >= 4 is 13.7 Å². The van der Waals surface area contributed by atoms with E-state index in [0.717, 1.165) is 32.1 Å². The number of likely N-dealkylation sites (N-methyl/N-ethyl adjacent to an activating group) is 1. The molecule has 0 saturated carbocycles. The first-order valence-electron chi connectivity index (χ1n) is 20.1. The summed E-state index contributed by atoms with van der Waals surface area (Å²) in [6, 6.07) is -0.837. The van der Waals surface area contributed by atoms with Crippen LogP contribution in [0.2, 0.25) is 0 Å². The quantitative estimate of drug-likeness (QED) is 0.0260. The molecule has 0 aromatic heterocycles. The van der Waals surface area contributed by atoms with E-state index in [0.29, 0.717) is 17.4 Å². The number of unbranched alkanes of at least 4 members (excludes halogenated alkanes) is 23. The normalized spacial score (nSPS) is 14.7. The van der Waals surface area contributed by atoms with Gasteiger partial charge in [-0.2, -0.15) is 0 Å². The van der Waals surface area contributed by atoms with Crippen molar-refractivity contribution in [3.05, 3.63) is 12.2 Å². The van der Waals surface area contributed by atoms with Gasteiger partial charge in [-0.25, -0.2) is 4.57 Å². The fourth-order valence-corrected chi connectivity index (χ4v) is 6.48. The molecule has 48 heavy (non-hydrogen) atoms. The number of phosphoric ester groups is 1. The average molecular weight is 704 g/mol. The van der Waals surface area contributed by atoms with Gasteiger partial charge in [-0.15, -0.1) is 0 Å². The molecule has 0 saturated heterocycles. The van der Waals surface area contributed by atoms with Crippen molar-refractivity contribution in [2.75, 3.05) is 40.9 Å². The van der Waals surface area contributed by atoms with Crippen LogP contribution in [0.4, 0.5) is 0 Å². The predicted molar refractivity (Wildman–Crippen MR) is 203 cm³/mol. The number of rotatable bonds is 36. The summed E-state index contributed by atoms with van der Waals surface area (Å²) in [5, 5.41) is 13.7. The molecule has 0 spiro atoms. The van der Waals surface area contributed by atoms with Crippen LogP contribution in [-0.4, -0.2) is 73.4 Å². The number of carbonyl (C=O) groups is 1. The van der Waals surface area contributed by atoms with Crippen LogP contribution in [0.3, 0.4) is 0 Å². The van der Waals surface area contributed by atoms with E-state index in [9.17, 15) is 19.4 Å². The van der Waals surface area contributed by atoms with E-state index in [1.807, 2.05) is 27.2 Å². The molecule has 0 aliphatic heterocycles. The van der Waals surface area contributed by atoms with Gasteiger partial charge < -0.3 is 19.8 Å². The Bertz CT molecular complexity index is 804. The number of phosphoric acid groups is 1. The second kappa shape index (κ2) is 32.2. The van der Waals surface area contributed by atoms with E-state index in [1.54, 1.807) is 6.08 Å². The van der Waals surface area contributed by atoms with Gasteiger partial charge in [0.2, 0.25) is 5.91 Å². The number of carbonyl (C=O) groups excluding carboxylic acids is 1. The van der Waals surface area contributed by atoms with Gasteiger partial charge in [0.15, 0.2) is 0 Å². The van der Waals surface area contributed by atoms with E-state index in [1.165, 1.54) is 128 Å². The Morgan fingerprint density at radius 2 is 1.10 bits per heavy atom. The van der Waals surface area contributed by atoms with Gasteiger partial charge in [-0.3, -0.25) is 13.8 Å². The van der Waals surface area contributed by atoms with Crippen molar-refractivity contribution in [1.82, 2.24) is 5.32 Å². The molecule has 0 radical (unpaired) electrons. The highest BCUT2D eigenvalue weighted by Crippen LogP contribution is 2.43. The smallest absolute Gasteiger partial charge is 0.387 e. The van der Waals surface area contributed by atoms with Crippen LogP contribution in [0.15, 0.2) is 12.2 Å². The SMILES string of the molecule is CCCCCCCCCCCCCCCCC/C=C/[C@H](O)[C@@H](COP(=O)(O)OCC[N+](C)(C)C)NC(=O)CCCCCCCCCCC. The molecule has 0 aliphatic rings. The van der Waals surface area contributed by atoms with Crippen LogP contribution in [0, 0.1) is 0 Å². The highest BCUT2D eigenvalue weighted by Gasteiger charge is 2.27. The molecular weight excluding hydrogens is 623 g/mol. The molecule has 0 heterocycles. The first kappa shape index (κ1) is 47.2. The Morgan fingerprint density at radius 1 is 0.688 bits per heavy atom. The minimum atomic E-state index is -4.32. The zero-order valence-electron chi connectivity index (χ0n) is 32.2. The summed E-state index contributed by atoms with van der Waals surface area (Å²) in [5.41, 5.74) is 0. The number of allylic oxidation sites excluding steroid dienone is 1. The molecule has 0 aliphatic carbocycles. The van der Waals surface area contributed by atoms with Crippen molar-refractivity contribution < 1.29 is 32.9 Å². The Balaban J connectivity index is 4.44. The Labute approximate surface area is 297 Å². The molecule has 0 aromatic carbocycles. The fourth-order valence-electron chi connectivity index (χ4n) is 5.75. The molecule has 286 valence electrons. The van der Waals surface area contributed by atoms with Crippen molar-refractivity contribution in [3.63, 3.8) is 0 Å². The van der Waals surface area contributed by atoms with Crippen LogP contribution < -0.4 is 5.32 Å². The molecule has 0 aromatic rings. The summed E-state index contributed by atoms with van der Waals surface area (Å²) in [5.74, 6) is -0.180. The van der Waals surface area contributed by atoms with E-state index >= 15 is 0 Å². The summed E-state index contributed by atoms with van der Waals surface area (Å²) in [4.78, 5) is 22.9. The highest BCUT2D eigenvalue weighted by molar-refractivity contribution is 7.47. The lowest BCUT2D eigenvalue weighted by atomic mass is 10.0. The second-order valence-electron chi connectivity index (χ2n) is 15.0. The first-order chi connectivity index (χ1) is 23.0. The highest BCUT2D eigenvalue weighted by atomic mass is 31.2. The average Bonchev–Trinajstić information content (AvgIpc) is 3.02. The lowest BCUT2D eigenvalue weighted by Gasteiger charge is -2.25. The number of aliphatic hydroxyl groups is 1.